The molecule has 2 aromatic rings. The number of carbonyl (C=O) groups excluding carboxylic acids is 3. The van der Waals surface area contributed by atoms with Crippen molar-refractivity contribution in [2.75, 3.05) is 34.3 Å². The number of ether oxygens (including phenoxy) is 1. The van der Waals surface area contributed by atoms with E-state index < -0.39 is 58.0 Å². The lowest BCUT2D eigenvalue weighted by Crippen LogP contribution is -2.65. The van der Waals surface area contributed by atoms with Crippen molar-refractivity contribution < 1.29 is 39.5 Å². The molecule has 2 fully saturated rings. The van der Waals surface area contributed by atoms with Crippen molar-refractivity contribution >= 4 is 23.2 Å². The summed E-state index contributed by atoms with van der Waals surface area (Å²) in [6.45, 7) is 2.73. The Balaban J connectivity index is 1.48. The number of aromatic hydroxyl groups is 1. The van der Waals surface area contributed by atoms with Crippen LogP contribution in [0.2, 0.25) is 0 Å². The molecule has 4 atom stereocenters. The average molecular weight is 618 g/mol. The quantitative estimate of drug-likeness (QED) is 0.303. The van der Waals surface area contributed by atoms with Crippen LogP contribution in [0.15, 0.2) is 47.2 Å². The lowest BCUT2D eigenvalue weighted by atomic mass is 9.57. The van der Waals surface area contributed by atoms with Crippen LogP contribution in [0.5, 0.6) is 11.5 Å². The zero-order chi connectivity index (χ0) is 32.4. The van der Waals surface area contributed by atoms with E-state index in [0.29, 0.717) is 12.1 Å². The molecular formula is C34H39N3O8. The van der Waals surface area contributed by atoms with Gasteiger partial charge in [-0.25, -0.2) is 0 Å². The minimum atomic E-state index is -2.67. The normalized spacial score (nSPS) is 26.9. The summed E-state index contributed by atoms with van der Waals surface area (Å²) in [5.41, 5.74) is 5.04. The summed E-state index contributed by atoms with van der Waals surface area (Å²) in [4.78, 5) is 43.6. The fourth-order valence-electron chi connectivity index (χ4n) is 7.94. The number of aliphatic hydroxyl groups is 3. The van der Waals surface area contributed by atoms with Gasteiger partial charge < -0.3 is 30.9 Å². The fourth-order valence-corrected chi connectivity index (χ4v) is 7.94. The second kappa shape index (κ2) is 11.3. The molecule has 45 heavy (non-hydrogen) atoms. The molecule has 11 heteroatoms. The van der Waals surface area contributed by atoms with E-state index in [9.17, 15) is 34.8 Å². The largest absolute Gasteiger partial charge is 0.508 e. The van der Waals surface area contributed by atoms with Crippen LogP contribution >= 0.6 is 0 Å². The molecule has 1 heterocycles. The van der Waals surface area contributed by atoms with Gasteiger partial charge in [-0.15, -0.1) is 0 Å². The summed E-state index contributed by atoms with van der Waals surface area (Å²) in [5, 5.41) is 45.5. The maximum Gasteiger partial charge on any atom is 0.255 e. The van der Waals surface area contributed by atoms with Crippen molar-refractivity contribution in [1.29, 1.82) is 0 Å². The minimum Gasteiger partial charge on any atom is -0.508 e. The minimum absolute atomic E-state index is 0.0314. The molecule has 0 unspecified atom stereocenters. The number of Topliss-reactive ketones (excluding diaryl/α,β-unsaturated/α-hetero) is 2. The number of primary amides is 1. The number of hydrogen-bond donors (Lipinski definition) is 5. The van der Waals surface area contributed by atoms with E-state index in [4.69, 9.17) is 10.5 Å². The first-order chi connectivity index (χ1) is 21.4. The highest BCUT2D eigenvalue weighted by Crippen LogP contribution is 2.53. The molecule has 6 rings (SSSR count). The number of fused-ring (bicyclic) bond motifs is 3. The molecule has 0 bridgehead atoms. The lowest BCUT2D eigenvalue weighted by Gasteiger charge is -2.50. The topological polar surface area (TPSA) is 174 Å². The van der Waals surface area contributed by atoms with Gasteiger partial charge >= 0.3 is 0 Å². The van der Waals surface area contributed by atoms with Crippen LogP contribution in [-0.4, -0.2) is 93.6 Å². The molecule has 238 valence electrons. The molecule has 0 aromatic heterocycles. The Labute approximate surface area is 261 Å². The second-order valence-electron chi connectivity index (χ2n) is 12.8. The number of carbonyl (C=O) groups is 3. The van der Waals surface area contributed by atoms with Crippen molar-refractivity contribution in [1.82, 2.24) is 9.80 Å². The van der Waals surface area contributed by atoms with Crippen LogP contribution in [0, 0.1) is 11.8 Å². The van der Waals surface area contributed by atoms with Gasteiger partial charge in [-0.3, -0.25) is 24.2 Å². The highest BCUT2D eigenvalue weighted by molar-refractivity contribution is 6.24. The number of likely N-dealkylation sites (N-methyl/N-ethyl adjacent to an activating group) is 1. The molecule has 1 amide bonds. The first-order valence-electron chi connectivity index (χ1n) is 15.3. The summed E-state index contributed by atoms with van der Waals surface area (Å²) < 4.78 is 5.68. The number of hydrogen-bond acceptors (Lipinski definition) is 10. The third kappa shape index (κ3) is 4.72. The van der Waals surface area contributed by atoms with Crippen LogP contribution in [-0.2, 0) is 27.3 Å². The van der Waals surface area contributed by atoms with E-state index in [1.165, 1.54) is 17.4 Å². The highest BCUT2D eigenvalue weighted by atomic mass is 16.5. The van der Waals surface area contributed by atoms with Gasteiger partial charge in [-0.2, -0.15) is 0 Å². The van der Waals surface area contributed by atoms with Crippen molar-refractivity contribution in [2.24, 2.45) is 17.6 Å². The van der Waals surface area contributed by atoms with Gasteiger partial charge in [-0.1, -0.05) is 18.6 Å². The molecular weight excluding hydrogens is 578 g/mol. The maximum absolute atomic E-state index is 14.1. The van der Waals surface area contributed by atoms with E-state index in [-0.39, 0.29) is 29.7 Å². The predicted molar refractivity (Wildman–Crippen MR) is 165 cm³/mol. The molecule has 0 spiro atoms. The van der Waals surface area contributed by atoms with E-state index in [1.54, 1.807) is 27.3 Å². The number of phenolic OH excluding ortho intramolecular Hbond substituents is 1. The fraction of sp³-hybridized carbons (Fsp3) is 0.441. The maximum atomic E-state index is 14.1. The Morgan fingerprint density at radius 2 is 1.80 bits per heavy atom. The van der Waals surface area contributed by atoms with Gasteiger partial charge in [0.2, 0.25) is 5.78 Å². The third-order valence-corrected chi connectivity index (χ3v) is 10.0. The Hall–Kier alpha value is -4.19. The number of likely N-dealkylation sites (tertiary alicyclic amines) is 1. The molecule has 6 N–H and O–H groups in total. The number of aliphatic hydroxyl groups excluding tert-OH is 2. The number of methoxy groups -OCH3 is 1. The SMILES string of the molecule is COc1ccc(-c2ccc(O)c3c2C[C@H]2C[C@H]4[C@H](N(C)C)C(=O)C(C(N)=O)=C(O)[C@@]4(O)C(=O)C2=C3O)cc1CN1CCCCC1. The van der Waals surface area contributed by atoms with Gasteiger partial charge in [0.05, 0.1) is 18.7 Å². The molecule has 4 aliphatic rings. The van der Waals surface area contributed by atoms with Crippen LogP contribution in [0.25, 0.3) is 16.9 Å². The van der Waals surface area contributed by atoms with Crippen molar-refractivity contribution in [3.05, 3.63) is 63.9 Å². The molecule has 1 saturated heterocycles. The first-order valence-corrected chi connectivity index (χ1v) is 15.3. The van der Waals surface area contributed by atoms with E-state index in [0.717, 1.165) is 48.4 Å². The molecule has 2 aromatic carbocycles. The van der Waals surface area contributed by atoms with E-state index in [2.05, 4.69) is 11.0 Å². The number of ketones is 2. The Kier molecular flexibility index (Phi) is 7.75. The van der Waals surface area contributed by atoms with E-state index in [1.807, 2.05) is 12.1 Å². The zero-order valence-corrected chi connectivity index (χ0v) is 25.7. The summed E-state index contributed by atoms with van der Waals surface area (Å²) >= 11 is 0. The number of phenols is 1. The van der Waals surface area contributed by atoms with Crippen molar-refractivity contribution in [2.45, 2.75) is 50.3 Å². The van der Waals surface area contributed by atoms with Crippen LogP contribution in [0.3, 0.4) is 0 Å². The number of rotatable bonds is 6. The Bertz CT molecular complexity index is 1670. The summed E-state index contributed by atoms with van der Waals surface area (Å²) in [5.74, 6) is -5.95. The summed E-state index contributed by atoms with van der Waals surface area (Å²) in [7, 11) is 4.79. The average Bonchev–Trinajstić information content (AvgIpc) is 2.99. The standard InChI is InChI=1S/C34H39N3O8/c1-36(2)28-22-15-18-14-21-20(17-7-10-24(45-3)19(13-17)16-37-11-5-4-6-12-37)8-9-23(38)26(21)29(39)25(18)31(41)34(22,44)32(42)27(30(28)40)33(35)43/h7-10,13,18,22,28,38-39,42,44H,4-6,11-12,14-16H2,1-3H3,(H2,35,43)/t18-,22-,28-,34-/m0/s1. The predicted octanol–water partition coefficient (Wildman–Crippen LogP) is 2.63. The number of benzene rings is 2. The molecule has 1 saturated carbocycles. The monoisotopic (exact) mass is 617 g/mol. The number of amides is 1. The summed E-state index contributed by atoms with van der Waals surface area (Å²) in [6.07, 6.45) is 3.76. The van der Waals surface area contributed by atoms with Crippen LogP contribution in [0.1, 0.15) is 42.4 Å². The summed E-state index contributed by atoms with van der Waals surface area (Å²) in [6, 6.07) is 7.97. The van der Waals surface area contributed by atoms with Crippen molar-refractivity contribution in [3.63, 3.8) is 0 Å². The molecule has 3 aliphatic carbocycles. The van der Waals surface area contributed by atoms with Gasteiger partial charge in [-0.05, 0) is 93.7 Å². The number of nitrogens with zero attached hydrogens (tertiary/aromatic N) is 2. The van der Waals surface area contributed by atoms with Gasteiger partial charge in [0, 0.05) is 23.6 Å². The second-order valence-corrected chi connectivity index (χ2v) is 12.8. The van der Waals surface area contributed by atoms with Crippen molar-refractivity contribution in [3.8, 4) is 22.6 Å². The van der Waals surface area contributed by atoms with Crippen LogP contribution in [0.4, 0.5) is 0 Å². The third-order valence-electron chi connectivity index (χ3n) is 10.0. The van der Waals surface area contributed by atoms with Gasteiger partial charge in [0.15, 0.2) is 11.4 Å². The molecule has 0 radical (unpaired) electrons. The Morgan fingerprint density at radius 1 is 1.09 bits per heavy atom. The lowest BCUT2D eigenvalue weighted by molar-refractivity contribution is -0.153. The number of piperidine rings is 1. The van der Waals surface area contributed by atoms with Gasteiger partial charge in [0.25, 0.3) is 5.91 Å². The van der Waals surface area contributed by atoms with Crippen LogP contribution < -0.4 is 10.5 Å². The van der Waals surface area contributed by atoms with E-state index >= 15 is 0 Å². The molecule has 1 aliphatic heterocycles. The number of nitrogens with two attached hydrogens (primary N) is 1. The van der Waals surface area contributed by atoms with Gasteiger partial charge in [0.1, 0.15) is 28.6 Å². The zero-order valence-electron chi connectivity index (χ0n) is 25.7. The Morgan fingerprint density at radius 3 is 2.44 bits per heavy atom. The highest BCUT2D eigenvalue weighted by Gasteiger charge is 2.64. The first kappa shape index (κ1) is 30.8. The molecule has 11 nitrogen and oxygen atoms in total. The smallest absolute Gasteiger partial charge is 0.255 e.